The van der Waals surface area contributed by atoms with E-state index in [4.69, 9.17) is 0 Å². The Morgan fingerprint density at radius 1 is 1.23 bits per heavy atom. The van der Waals surface area contributed by atoms with Gasteiger partial charge in [-0.2, -0.15) is 0 Å². The number of nitrogens with one attached hydrogen (secondary N) is 3. The second-order valence-corrected chi connectivity index (χ2v) is 8.47. The Hall–Kier alpha value is -1.83. The summed E-state index contributed by atoms with van der Waals surface area (Å²) in [4.78, 5) is 24.2. The lowest BCUT2D eigenvalue weighted by atomic mass is 10.1. The molecule has 0 spiro atoms. The summed E-state index contributed by atoms with van der Waals surface area (Å²) in [5.41, 5.74) is 1.32. The maximum absolute atomic E-state index is 12.2. The maximum Gasteiger partial charge on any atom is 0.251 e. The highest BCUT2D eigenvalue weighted by atomic mass is 32.2. The van der Waals surface area contributed by atoms with Gasteiger partial charge < -0.3 is 16.0 Å². The zero-order valence-corrected chi connectivity index (χ0v) is 16.1. The number of carbonyl (C=O) groups is 2. The van der Waals surface area contributed by atoms with Crippen molar-refractivity contribution in [2.45, 2.75) is 17.1 Å². The Kier molecular flexibility index (Phi) is 7.11. The normalized spacial score (nSPS) is 16.4. The second-order valence-electron chi connectivity index (χ2n) is 6.25. The summed E-state index contributed by atoms with van der Waals surface area (Å²) in [6, 6.07) is 11.0. The van der Waals surface area contributed by atoms with Gasteiger partial charge in [-0.3, -0.25) is 9.59 Å². The molecule has 2 heterocycles. The molecule has 1 saturated heterocycles. The molecule has 1 aromatic carbocycles. The molecule has 3 N–H and O–H groups in total. The number of rotatable bonds is 8. The molecule has 2 aromatic rings. The molecule has 7 heteroatoms. The van der Waals surface area contributed by atoms with E-state index in [9.17, 15) is 9.59 Å². The molecule has 0 radical (unpaired) electrons. The molecule has 1 aliphatic rings. The van der Waals surface area contributed by atoms with E-state index in [-0.39, 0.29) is 11.8 Å². The molecule has 26 heavy (non-hydrogen) atoms. The quantitative estimate of drug-likeness (QED) is 0.607. The number of thioether (sulfide) groups is 1. The number of hydrogen-bond acceptors (Lipinski definition) is 5. The Morgan fingerprint density at radius 2 is 2.08 bits per heavy atom. The summed E-state index contributed by atoms with van der Waals surface area (Å²) >= 11 is 3.15. The molecule has 138 valence electrons. The van der Waals surface area contributed by atoms with Crippen molar-refractivity contribution in [2.75, 3.05) is 30.7 Å². The molecular weight excluding hydrogens is 366 g/mol. The van der Waals surface area contributed by atoms with E-state index in [1.54, 1.807) is 35.6 Å². The number of amides is 2. The van der Waals surface area contributed by atoms with Crippen LogP contribution in [0, 0.1) is 5.92 Å². The lowest BCUT2D eigenvalue weighted by Gasteiger charge is -2.10. The largest absolute Gasteiger partial charge is 0.352 e. The molecule has 5 nitrogen and oxygen atoms in total. The van der Waals surface area contributed by atoms with Crippen LogP contribution in [0.15, 0.2) is 46.0 Å². The number of thiophene rings is 1. The topological polar surface area (TPSA) is 70.2 Å². The van der Waals surface area contributed by atoms with Crippen molar-refractivity contribution >= 4 is 40.6 Å². The maximum atomic E-state index is 12.2. The SMILES string of the molecule is O=C(CSc1cccs1)Nc1ccc(C(=O)NCCC2CCNC2)cc1. The van der Waals surface area contributed by atoms with E-state index in [0.29, 0.717) is 29.5 Å². The first-order valence-corrected chi connectivity index (χ1v) is 10.6. The first-order valence-electron chi connectivity index (χ1n) is 8.76. The lowest BCUT2D eigenvalue weighted by Crippen LogP contribution is -2.26. The third-order valence-corrected chi connectivity index (χ3v) is 6.40. The van der Waals surface area contributed by atoms with Gasteiger partial charge in [-0.1, -0.05) is 6.07 Å². The number of benzene rings is 1. The van der Waals surface area contributed by atoms with Crippen LogP contribution in [0.25, 0.3) is 0 Å². The van der Waals surface area contributed by atoms with E-state index >= 15 is 0 Å². The van der Waals surface area contributed by atoms with Crippen LogP contribution in [0.2, 0.25) is 0 Å². The molecule has 1 fully saturated rings. The van der Waals surface area contributed by atoms with Crippen LogP contribution in [0.1, 0.15) is 23.2 Å². The first-order chi connectivity index (χ1) is 12.7. The van der Waals surface area contributed by atoms with Gasteiger partial charge in [0.25, 0.3) is 5.91 Å². The van der Waals surface area contributed by atoms with Gasteiger partial charge >= 0.3 is 0 Å². The number of anilines is 1. The molecule has 1 aromatic heterocycles. The summed E-state index contributed by atoms with van der Waals surface area (Å²) in [5.74, 6) is 0.923. The van der Waals surface area contributed by atoms with E-state index in [0.717, 1.165) is 23.7 Å². The average molecular weight is 390 g/mol. The summed E-state index contributed by atoms with van der Waals surface area (Å²) in [5, 5.41) is 11.2. The van der Waals surface area contributed by atoms with Crippen molar-refractivity contribution in [2.24, 2.45) is 5.92 Å². The summed E-state index contributed by atoms with van der Waals surface area (Å²) in [6.45, 7) is 2.83. The van der Waals surface area contributed by atoms with Gasteiger partial charge in [0.1, 0.15) is 0 Å². The highest BCUT2D eigenvalue weighted by molar-refractivity contribution is 8.01. The fourth-order valence-corrected chi connectivity index (χ4v) is 4.42. The fourth-order valence-electron chi connectivity index (χ4n) is 2.84. The van der Waals surface area contributed by atoms with Crippen LogP contribution in [0.5, 0.6) is 0 Å². The molecule has 1 unspecified atom stereocenters. The fraction of sp³-hybridized carbons (Fsp3) is 0.368. The predicted octanol–water partition coefficient (Wildman–Crippen LogP) is 3.21. The van der Waals surface area contributed by atoms with Crippen LogP contribution < -0.4 is 16.0 Å². The zero-order chi connectivity index (χ0) is 18.2. The number of hydrogen-bond donors (Lipinski definition) is 3. The molecule has 0 bridgehead atoms. The molecule has 3 rings (SSSR count). The van der Waals surface area contributed by atoms with Crippen LogP contribution in [-0.2, 0) is 4.79 Å². The van der Waals surface area contributed by atoms with Crippen LogP contribution in [0.3, 0.4) is 0 Å². The Morgan fingerprint density at radius 3 is 2.77 bits per heavy atom. The minimum Gasteiger partial charge on any atom is -0.352 e. The van der Waals surface area contributed by atoms with E-state index in [1.165, 1.54) is 18.2 Å². The third-order valence-electron chi connectivity index (χ3n) is 4.27. The molecule has 2 amide bonds. The van der Waals surface area contributed by atoms with Crippen molar-refractivity contribution in [1.29, 1.82) is 0 Å². The van der Waals surface area contributed by atoms with Gasteiger partial charge in [0.05, 0.1) is 9.96 Å². The lowest BCUT2D eigenvalue weighted by molar-refractivity contribution is -0.113. The Bertz CT molecular complexity index is 711. The molecule has 1 aliphatic heterocycles. The van der Waals surface area contributed by atoms with Gasteiger partial charge in [0.15, 0.2) is 0 Å². The van der Waals surface area contributed by atoms with Crippen molar-refractivity contribution < 1.29 is 9.59 Å². The summed E-state index contributed by atoms with van der Waals surface area (Å²) < 4.78 is 1.13. The van der Waals surface area contributed by atoms with Crippen molar-refractivity contribution in [3.05, 3.63) is 47.3 Å². The number of carbonyl (C=O) groups excluding carboxylic acids is 2. The molecule has 1 atom stereocenters. The van der Waals surface area contributed by atoms with E-state index in [1.807, 2.05) is 17.5 Å². The molecule has 0 saturated carbocycles. The minimum atomic E-state index is -0.0675. The van der Waals surface area contributed by atoms with Crippen LogP contribution >= 0.6 is 23.1 Å². The van der Waals surface area contributed by atoms with Gasteiger partial charge in [-0.25, -0.2) is 0 Å². The van der Waals surface area contributed by atoms with Crippen molar-refractivity contribution in [1.82, 2.24) is 10.6 Å². The van der Waals surface area contributed by atoms with Gasteiger partial charge in [0, 0.05) is 17.8 Å². The second kappa shape index (κ2) is 9.75. The van der Waals surface area contributed by atoms with Crippen molar-refractivity contribution in [3.8, 4) is 0 Å². The average Bonchev–Trinajstić information content (AvgIpc) is 3.34. The van der Waals surface area contributed by atoms with E-state index in [2.05, 4.69) is 16.0 Å². The highest BCUT2D eigenvalue weighted by Gasteiger charge is 2.14. The zero-order valence-electron chi connectivity index (χ0n) is 14.5. The summed E-state index contributed by atoms with van der Waals surface area (Å²) in [7, 11) is 0. The highest BCUT2D eigenvalue weighted by Crippen LogP contribution is 2.23. The van der Waals surface area contributed by atoms with Crippen LogP contribution in [-0.4, -0.2) is 37.2 Å². The van der Waals surface area contributed by atoms with Gasteiger partial charge in [0.2, 0.25) is 5.91 Å². The minimum absolute atomic E-state index is 0.0502. The molecule has 0 aliphatic carbocycles. The predicted molar refractivity (Wildman–Crippen MR) is 108 cm³/mol. The molecular formula is C19H23N3O2S2. The van der Waals surface area contributed by atoms with E-state index < -0.39 is 0 Å². The smallest absolute Gasteiger partial charge is 0.251 e. The summed E-state index contributed by atoms with van der Waals surface area (Å²) in [6.07, 6.45) is 2.20. The monoisotopic (exact) mass is 389 g/mol. The van der Waals surface area contributed by atoms with Gasteiger partial charge in [-0.05, 0) is 67.6 Å². The first kappa shape index (κ1) is 18.9. The third kappa shape index (κ3) is 5.86. The Balaban J connectivity index is 1.40. The van der Waals surface area contributed by atoms with Crippen molar-refractivity contribution in [3.63, 3.8) is 0 Å². The van der Waals surface area contributed by atoms with Crippen LogP contribution in [0.4, 0.5) is 5.69 Å². The standard InChI is InChI=1S/C19H23N3O2S2/c23-17(13-26-18-2-1-11-25-18)22-16-5-3-15(4-6-16)19(24)21-10-8-14-7-9-20-12-14/h1-6,11,14,20H,7-10,12-13H2,(H,21,24)(H,22,23). The van der Waals surface area contributed by atoms with Gasteiger partial charge in [-0.15, -0.1) is 23.1 Å². The Labute approximate surface area is 162 Å².